The molecule has 7 heteroatoms. The van der Waals surface area contributed by atoms with Crippen molar-refractivity contribution in [3.05, 3.63) is 0 Å². The molecule has 1 heterocycles. The first-order chi connectivity index (χ1) is 12.6. The van der Waals surface area contributed by atoms with Gasteiger partial charge in [-0.15, -0.1) is 0 Å². The number of hydrogen-bond acceptors (Lipinski definition) is 6. The van der Waals surface area contributed by atoms with Crippen LogP contribution in [0.25, 0.3) is 0 Å². The summed E-state index contributed by atoms with van der Waals surface area (Å²) in [6.45, 7) is 6.50. The van der Waals surface area contributed by atoms with E-state index in [-0.39, 0.29) is 25.7 Å². The van der Waals surface area contributed by atoms with Crippen LogP contribution in [0, 0.1) is 0 Å². The maximum absolute atomic E-state index is 11.9. The fourth-order valence-electron chi connectivity index (χ4n) is 3.31. The topological polar surface area (TPSA) is 88.5 Å². The number of amides is 1. The van der Waals surface area contributed by atoms with E-state index in [1.807, 2.05) is 20.8 Å². The molecule has 7 nitrogen and oxygen atoms in total. The van der Waals surface area contributed by atoms with Crippen molar-refractivity contribution in [1.29, 1.82) is 0 Å². The molecule has 2 aliphatic rings. The highest BCUT2D eigenvalue weighted by Gasteiger charge is 2.29. The molecule has 0 aromatic carbocycles. The molecule has 168 valence electrons. The van der Waals surface area contributed by atoms with Crippen LogP contribution in [-0.4, -0.2) is 78.5 Å². The third-order valence-electron chi connectivity index (χ3n) is 4.86. The number of methoxy groups -OCH3 is 2. The van der Waals surface area contributed by atoms with Gasteiger partial charge in [-0.3, -0.25) is 0 Å². The number of carbonyl (C=O) groups excluding carboxylic acids is 1. The Bertz CT molecular complexity index is 426. The maximum Gasteiger partial charge on any atom is 0.410 e. The predicted molar refractivity (Wildman–Crippen MR) is 110 cm³/mol. The summed E-state index contributed by atoms with van der Waals surface area (Å²) in [5.74, 6) is 0. The van der Waals surface area contributed by atoms with Crippen LogP contribution in [0.2, 0.25) is 0 Å². The number of rotatable bonds is 2. The first kappa shape index (κ1) is 27.1. The molecular formula is C21H43NO6. The van der Waals surface area contributed by atoms with Gasteiger partial charge in [-0.05, 0) is 46.5 Å². The quantitative estimate of drug-likeness (QED) is 0.685. The lowest BCUT2D eigenvalue weighted by Gasteiger charge is -2.27. The highest BCUT2D eigenvalue weighted by molar-refractivity contribution is 5.68. The molecule has 0 aromatic rings. The second-order valence-corrected chi connectivity index (χ2v) is 8.49. The van der Waals surface area contributed by atoms with Crippen molar-refractivity contribution in [2.75, 3.05) is 27.3 Å². The van der Waals surface area contributed by atoms with Crippen LogP contribution in [0.1, 0.15) is 73.1 Å². The molecule has 4 atom stereocenters. The highest BCUT2D eigenvalue weighted by atomic mass is 16.6. The Balaban J connectivity index is 0.000000567. The van der Waals surface area contributed by atoms with E-state index in [9.17, 15) is 15.0 Å². The molecule has 1 amide bonds. The van der Waals surface area contributed by atoms with Gasteiger partial charge in [-0.1, -0.05) is 20.3 Å². The minimum Gasteiger partial charge on any atom is -0.444 e. The fraction of sp³-hybridized carbons (Fsp3) is 0.952. The van der Waals surface area contributed by atoms with Gasteiger partial charge < -0.3 is 29.3 Å². The van der Waals surface area contributed by atoms with Crippen molar-refractivity contribution >= 4 is 6.09 Å². The van der Waals surface area contributed by atoms with Gasteiger partial charge in [0.2, 0.25) is 0 Å². The lowest BCUT2D eigenvalue weighted by molar-refractivity contribution is 0.00978. The van der Waals surface area contributed by atoms with E-state index in [0.29, 0.717) is 32.0 Å². The van der Waals surface area contributed by atoms with Gasteiger partial charge in [0.05, 0.1) is 31.0 Å². The van der Waals surface area contributed by atoms with Gasteiger partial charge in [0.15, 0.2) is 0 Å². The first-order valence-electron chi connectivity index (χ1n) is 10.0. The molecule has 0 radical (unpaired) electrons. The summed E-state index contributed by atoms with van der Waals surface area (Å²) in [6.07, 6.45) is 5.71. The van der Waals surface area contributed by atoms with Crippen molar-refractivity contribution in [1.82, 2.24) is 4.90 Å². The van der Waals surface area contributed by atoms with Crippen LogP contribution in [0.5, 0.6) is 0 Å². The van der Waals surface area contributed by atoms with Crippen LogP contribution < -0.4 is 0 Å². The van der Waals surface area contributed by atoms with Crippen molar-refractivity contribution in [2.45, 2.75) is 103 Å². The van der Waals surface area contributed by atoms with Crippen LogP contribution in [0.3, 0.4) is 0 Å². The van der Waals surface area contributed by atoms with Gasteiger partial charge in [-0.25, -0.2) is 4.79 Å². The lowest BCUT2D eigenvalue weighted by atomic mass is 10.1. The van der Waals surface area contributed by atoms with Gasteiger partial charge in [-0.2, -0.15) is 0 Å². The van der Waals surface area contributed by atoms with Crippen LogP contribution >= 0.6 is 0 Å². The maximum atomic E-state index is 11.9. The van der Waals surface area contributed by atoms with Crippen molar-refractivity contribution < 1.29 is 29.2 Å². The zero-order valence-electron chi connectivity index (χ0n) is 17.6. The van der Waals surface area contributed by atoms with Crippen molar-refractivity contribution in [2.24, 2.45) is 0 Å². The third kappa shape index (κ3) is 11.2. The second-order valence-electron chi connectivity index (χ2n) is 8.49. The number of carbonyl (C=O) groups is 1. The Labute approximate surface area is 171 Å². The van der Waals surface area contributed by atoms with Gasteiger partial charge in [0.1, 0.15) is 5.60 Å². The zero-order valence-corrected chi connectivity index (χ0v) is 17.6. The monoisotopic (exact) mass is 405 g/mol. The molecule has 2 fully saturated rings. The Hall–Kier alpha value is -0.890. The van der Waals surface area contributed by atoms with Crippen LogP contribution in [0.15, 0.2) is 0 Å². The van der Waals surface area contributed by atoms with E-state index in [0.717, 1.165) is 25.7 Å². The van der Waals surface area contributed by atoms with Gasteiger partial charge in [0.25, 0.3) is 0 Å². The second kappa shape index (κ2) is 13.4. The van der Waals surface area contributed by atoms with Gasteiger partial charge >= 0.3 is 6.09 Å². The molecule has 2 rings (SSSR count). The SMILES string of the molecule is C.COC1CC(O)CCN(C(=O)OC(C)(C)C)C1.COC1CCCCC(O)C1. The Kier molecular flexibility index (Phi) is 12.9. The molecule has 0 spiro atoms. The highest BCUT2D eigenvalue weighted by Crippen LogP contribution is 2.19. The number of likely N-dealkylation sites (tertiary alicyclic amines) is 1. The Morgan fingerprint density at radius 2 is 1.46 bits per heavy atom. The molecule has 0 bridgehead atoms. The molecule has 0 aromatic heterocycles. The van der Waals surface area contributed by atoms with E-state index in [2.05, 4.69) is 0 Å². The molecule has 4 unspecified atom stereocenters. The van der Waals surface area contributed by atoms with E-state index >= 15 is 0 Å². The first-order valence-corrected chi connectivity index (χ1v) is 10.0. The predicted octanol–water partition coefficient (Wildman–Crippen LogP) is 3.36. The molecule has 1 aliphatic carbocycles. The molecule has 1 saturated heterocycles. The average Bonchev–Trinajstić information content (AvgIpc) is 2.91. The largest absolute Gasteiger partial charge is 0.444 e. The third-order valence-corrected chi connectivity index (χ3v) is 4.86. The summed E-state index contributed by atoms with van der Waals surface area (Å²) in [5.41, 5.74) is -0.495. The molecule has 2 N–H and O–H groups in total. The zero-order chi connectivity index (χ0) is 20.4. The van der Waals surface area contributed by atoms with Crippen LogP contribution in [-0.2, 0) is 14.2 Å². The number of aliphatic hydroxyl groups excluding tert-OH is 2. The number of ether oxygens (including phenoxy) is 3. The van der Waals surface area contributed by atoms with E-state index < -0.39 is 11.7 Å². The molecular weight excluding hydrogens is 362 g/mol. The molecule has 28 heavy (non-hydrogen) atoms. The molecule has 1 saturated carbocycles. The summed E-state index contributed by atoms with van der Waals surface area (Å²) in [4.78, 5) is 13.5. The number of hydrogen-bond donors (Lipinski definition) is 2. The van der Waals surface area contributed by atoms with E-state index in [1.54, 1.807) is 19.1 Å². The van der Waals surface area contributed by atoms with Crippen molar-refractivity contribution in [3.63, 3.8) is 0 Å². The minimum absolute atomic E-state index is 0. The number of aliphatic hydroxyl groups is 2. The van der Waals surface area contributed by atoms with E-state index in [1.165, 1.54) is 6.42 Å². The summed E-state index contributed by atoms with van der Waals surface area (Å²) in [7, 11) is 3.32. The smallest absolute Gasteiger partial charge is 0.410 e. The fourth-order valence-corrected chi connectivity index (χ4v) is 3.31. The van der Waals surface area contributed by atoms with Crippen molar-refractivity contribution in [3.8, 4) is 0 Å². The summed E-state index contributed by atoms with van der Waals surface area (Å²) >= 11 is 0. The lowest BCUT2D eigenvalue weighted by Crippen LogP contribution is -2.40. The summed E-state index contributed by atoms with van der Waals surface area (Å²) in [6, 6.07) is 0. The summed E-state index contributed by atoms with van der Waals surface area (Å²) in [5, 5.41) is 19.0. The van der Waals surface area contributed by atoms with Crippen LogP contribution in [0.4, 0.5) is 4.79 Å². The minimum atomic E-state index is -0.495. The Morgan fingerprint density at radius 3 is 2.04 bits per heavy atom. The van der Waals surface area contributed by atoms with Gasteiger partial charge in [0, 0.05) is 27.2 Å². The number of nitrogens with zero attached hydrogens (tertiary/aromatic N) is 1. The standard InChI is InChI=1S/C12H23NO4.C8H16O2.CH4/c1-12(2,3)17-11(15)13-6-5-9(14)7-10(8-13)16-4;1-10-8-5-3-2-4-7(9)6-8;/h9-10,14H,5-8H2,1-4H3;7-9H,2-6H2,1H3;1H4. The summed E-state index contributed by atoms with van der Waals surface area (Å²) < 4.78 is 15.7. The van der Waals surface area contributed by atoms with E-state index in [4.69, 9.17) is 14.2 Å². The normalized spacial score (nSPS) is 28.8. The Morgan fingerprint density at radius 1 is 0.929 bits per heavy atom. The average molecular weight is 406 g/mol. The molecule has 1 aliphatic heterocycles.